The third-order valence-electron chi connectivity index (χ3n) is 2.64. The maximum absolute atomic E-state index is 12.2. The quantitative estimate of drug-likeness (QED) is 0.757. The molecule has 0 aliphatic carbocycles. The minimum Gasteiger partial charge on any atom is -0.312 e. The molecule has 1 amide bonds. The molecule has 0 aliphatic rings. The molecule has 0 bridgehead atoms. The summed E-state index contributed by atoms with van der Waals surface area (Å²) in [6.45, 7) is 9.12. The Balaban J connectivity index is 2.88. The van der Waals surface area contributed by atoms with Gasteiger partial charge in [0.05, 0.1) is 0 Å². The molecule has 1 aromatic carbocycles. The number of carbonyl (C=O) groups is 1. The van der Waals surface area contributed by atoms with Gasteiger partial charge in [-0.25, -0.2) is 0 Å². The number of nitrogens with zero attached hydrogens (tertiary/aromatic N) is 1. The van der Waals surface area contributed by atoms with Gasteiger partial charge in [-0.05, 0) is 37.0 Å². The van der Waals surface area contributed by atoms with Crippen molar-refractivity contribution in [3.8, 4) is 0 Å². The van der Waals surface area contributed by atoms with Gasteiger partial charge in [-0.1, -0.05) is 32.9 Å². The smallest absolute Gasteiger partial charge is 0.227 e. The molecule has 2 nitrogen and oxygen atoms in total. The van der Waals surface area contributed by atoms with E-state index in [1.807, 2.05) is 17.0 Å². The van der Waals surface area contributed by atoms with Crippen LogP contribution in [0.2, 0.25) is 0 Å². The molecule has 0 aromatic heterocycles. The molecular weight excluding hydrogens is 210 g/mol. The third-order valence-corrected chi connectivity index (χ3v) is 2.64. The molecule has 0 spiro atoms. The molecule has 2 heteroatoms. The van der Waals surface area contributed by atoms with E-state index >= 15 is 0 Å². The van der Waals surface area contributed by atoms with E-state index in [0.717, 1.165) is 18.7 Å². The first-order chi connectivity index (χ1) is 8.04. The first kappa shape index (κ1) is 13.8. The number of aryl methyl sites for hydroxylation is 1. The summed E-state index contributed by atoms with van der Waals surface area (Å²) in [5, 5.41) is 0. The highest BCUT2D eigenvalue weighted by molar-refractivity contribution is 5.93. The van der Waals surface area contributed by atoms with Crippen LogP contribution in [0.15, 0.2) is 24.3 Å². The molecule has 0 saturated heterocycles. The van der Waals surface area contributed by atoms with Crippen LogP contribution in [0, 0.1) is 12.8 Å². The molecule has 0 heterocycles. The number of benzene rings is 1. The Morgan fingerprint density at radius 1 is 1.35 bits per heavy atom. The normalized spacial score (nSPS) is 10.6. The number of amides is 1. The minimum atomic E-state index is 0.229. The number of anilines is 1. The van der Waals surface area contributed by atoms with Gasteiger partial charge < -0.3 is 4.90 Å². The number of carbonyl (C=O) groups excluding carboxylic acids is 1. The first-order valence-electron chi connectivity index (χ1n) is 6.41. The Labute approximate surface area is 105 Å². The van der Waals surface area contributed by atoms with Crippen molar-refractivity contribution < 1.29 is 4.79 Å². The van der Waals surface area contributed by atoms with Crippen molar-refractivity contribution in [3.05, 3.63) is 29.8 Å². The molecule has 0 atom stereocenters. The van der Waals surface area contributed by atoms with Crippen molar-refractivity contribution in [2.24, 2.45) is 5.92 Å². The van der Waals surface area contributed by atoms with Crippen molar-refractivity contribution in [2.75, 3.05) is 11.4 Å². The Morgan fingerprint density at radius 3 is 2.59 bits per heavy atom. The van der Waals surface area contributed by atoms with Crippen molar-refractivity contribution in [3.63, 3.8) is 0 Å². The standard InChI is InChI=1S/C15H23NO/c1-5-9-16(15(17)10-12(2)3)14-8-6-7-13(4)11-14/h6-8,11-12H,5,9-10H2,1-4H3. The molecule has 0 fully saturated rings. The van der Waals surface area contributed by atoms with E-state index in [1.54, 1.807) is 0 Å². The molecule has 1 aromatic rings. The Bertz CT molecular complexity index is 371. The fourth-order valence-electron chi connectivity index (χ4n) is 1.88. The Morgan fingerprint density at radius 2 is 2.06 bits per heavy atom. The zero-order valence-electron chi connectivity index (χ0n) is 11.4. The zero-order valence-corrected chi connectivity index (χ0v) is 11.4. The van der Waals surface area contributed by atoms with Crippen molar-refractivity contribution in [1.82, 2.24) is 0 Å². The Kier molecular flexibility index (Phi) is 5.20. The highest BCUT2D eigenvalue weighted by Crippen LogP contribution is 2.18. The van der Waals surface area contributed by atoms with Crippen molar-refractivity contribution in [1.29, 1.82) is 0 Å². The van der Waals surface area contributed by atoms with Crippen LogP contribution in [-0.4, -0.2) is 12.5 Å². The van der Waals surface area contributed by atoms with Crippen LogP contribution in [0.1, 0.15) is 39.2 Å². The molecule has 0 unspecified atom stereocenters. The lowest BCUT2D eigenvalue weighted by atomic mass is 10.1. The summed E-state index contributed by atoms with van der Waals surface area (Å²) >= 11 is 0. The third kappa shape index (κ3) is 4.22. The summed E-state index contributed by atoms with van der Waals surface area (Å²) in [4.78, 5) is 14.1. The predicted octanol–water partition coefficient (Wildman–Crippen LogP) is 3.78. The molecule has 0 saturated carbocycles. The van der Waals surface area contributed by atoms with Crippen LogP contribution in [-0.2, 0) is 4.79 Å². The van der Waals surface area contributed by atoms with Crippen LogP contribution >= 0.6 is 0 Å². The van der Waals surface area contributed by atoms with Crippen LogP contribution in [0.5, 0.6) is 0 Å². The average Bonchev–Trinajstić information content (AvgIpc) is 2.24. The predicted molar refractivity (Wildman–Crippen MR) is 73.3 cm³/mol. The summed E-state index contributed by atoms with van der Waals surface area (Å²) in [5.74, 6) is 0.638. The fourth-order valence-corrected chi connectivity index (χ4v) is 1.88. The van der Waals surface area contributed by atoms with Crippen molar-refractivity contribution >= 4 is 11.6 Å². The fraction of sp³-hybridized carbons (Fsp3) is 0.533. The molecular formula is C15H23NO. The number of hydrogen-bond acceptors (Lipinski definition) is 1. The second-order valence-electron chi connectivity index (χ2n) is 4.98. The largest absolute Gasteiger partial charge is 0.312 e. The van der Waals surface area contributed by atoms with Gasteiger partial charge in [-0.2, -0.15) is 0 Å². The lowest BCUT2D eigenvalue weighted by Crippen LogP contribution is -2.32. The summed E-state index contributed by atoms with van der Waals surface area (Å²) in [6, 6.07) is 8.16. The molecule has 94 valence electrons. The van der Waals surface area contributed by atoms with Gasteiger partial charge in [0.1, 0.15) is 0 Å². The molecule has 0 N–H and O–H groups in total. The van der Waals surface area contributed by atoms with E-state index in [2.05, 4.69) is 39.8 Å². The second kappa shape index (κ2) is 6.43. The monoisotopic (exact) mass is 233 g/mol. The van der Waals surface area contributed by atoms with Crippen LogP contribution in [0.4, 0.5) is 5.69 Å². The van der Waals surface area contributed by atoms with E-state index < -0.39 is 0 Å². The van der Waals surface area contributed by atoms with Gasteiger partial charge in [-0.15, -0.1) is 0 Å². The maximum Gasteiger partial charge on any atom is 0.227 e. The van der Waals surface area contributed by atoms with Crippen LogP contribution in [0.25, 0.3) is 0 Å². The van der Waals surface area contributed by atoms with E-state index in [-0.39, 0.29) is 5.91 Å². The van der Waals surface area contributed by atoms with E-state index in [4.69, 9.17) is 0 Å². The summed E-state index contributed by atoms with van der Waals surface area (Å²) in [5.41, 5.74) is 2.22. The maximum atomic E-state index is 12.2. The number of rotatable bonds is 5. The van der Waals surface area contributed by atoms with E-state index in [0.29, 0.717) is 12.3 Å². The van der Waals surface area contributed by atoms with Gasteiger partial charge >= 0.3 is 0 Å². The second-order valence-corrected chi connectivity index (χ2v) is 4.98. The molecule has 0 radical (unpaired) electrons. The van der Waals surface area contributed by atoms with Crippen molar-refractivity contribution in [2.45, 2.75) is 40.5 Å². The summed E-state index contributed by atoms with van der Waals surface area (Å²) < 4.78 is 0. The first-order valence-corrected chi connectivity index (χ1v) is 6.41. The van der Waals surface area contributed by atoms with Gasteiger partial charge in [0.25, 0.3) is 0 Å². The van der Waals surface area contributed by atoms with Gasteiger partial charge in [-0.3, -0.25) is 4.79 Å². The van der Waals surface area contributed by atoms with Gasteiger partial charge in [0.15, 0.2) is 0 Å². The topological polar surface area (TPSA) is 20.3 Å². The van der Waals surface area contributed by atoms with E-state index in [1.165, 1.54) is 5.56 Å². The zero-order chi connectivity index (χ0) is 12.8. The van der Waals surface area contributed by atoms with E-state index in [9.17, 15) is 4.79 Å². The summed E-state index contributed by atoms with van der Waals surface area (Å²) in [6.07, 6.45) is 1.60. The summed E-state index contributed by atoms with van der Waals surface area (Å²) in [7, 11) is 0. The SMILES string of the molecule is CCCN(C(=O)CC(C)C)c1cccc(C)c1. The van der Waals surface area contributed by atoms with Crippen LogP contribution < -0.4 is 4.90 Å². The Hall–Kier alpha value is -1.31. The molecule has 1 rings (SSSR count). The minimum absolute atomic E-state index is 0.229. The van der Waals surface area contributed by atoms with Gasteiger partial charge in [0, 0.05) is 18.7 Å². The highest BCUT2D eigenvalue weighted by atomic mass is 16.2. The molecule has 0 aliphatic heterocycles. The lowest BCUT2D eigenvalue weighted by Gasteiger charge is -2.23. The van der Waals surface area contributed by atoms with Crippen LogP contribution in [0.3, 0.4) is 0 Å². The van der Waals surface area contributed by atoms with Gasteiger partial charge in [0.2, 0.25) is 5.91 Å². The number of hydrogen-bond donors (Lipinski definition) is 0. The molecule has 17 heavy (non-hydrogen) atoms. The lowest BCUT2D eigenvalue weighted by molar-refractivity contribution is -0.119. The highest BCUT2D eigenvalue weighted by Gasteiger charge is 2.15. The average molecular weight is 233 g/mol.